The monoisotopic (exact) mass is 267 g/mol. The summed E-state index contributed by atoms with van der Waals surface area (Å²) in [7, 11) is 0. The Balaban J connectivity index is 2.43. The van der Waals surface area contributed by atoms with Gasteiger partial charge in [-0.1, -0.05) is 12.1 Å². The first-order valence-electron chi connectivity index (χ1n) is 6.48. The van der Waals surface area contributed by atoms with E-state index in [1.807, 2.05) is 26.0 Å². The van der Waals surface area contributed by atoms with Crippen LogP contribution in [0.3, 0.4) is 0 Å². The molecule has 102 valence electrons. The summed E-state index contributed by atoms with van der Waals surface area (Å²) in [6, 6.07) is 13.1. The molecule has 0 amide bonds. The highest BCUT2D eigenvalue weighted by molar-refractivity contribution is 5.46. The fourth-order valence-electron chi connectivity index (χ4n) is 2.16. The minimum atomic E-state index is -0.649. The van der Waals surface area contributed by atoms with Crippen LogP contribution in [0.4, 0.5) is 0 Å². The maximum atomic E-state index is 9.79. The molecule has 0 aliphatic heterocycles. The summed E-state index contributed by atoms with van der Waals surface area (Å²) in [5.41, 5.74) is 3.39. The zero-order valence-corrected chi connectivity index (χ0v) is 11.8. The quantitative estimate of drug-likeness (QED) is 0.913. The number of aliphatic hydroxyl groups is 1. The zero-order chi connectivity index (χ0) is 14.7. The molecule has 0 fully saturated rings. The van der Waals surface area contributed by atoms with Gasteiger partial charge in [0.1, 0.15) is 11.5 Å². The van der Waals surface area contributed by atoms with Crippen molar-refractivity contribution in [2.24, 2.45) is 0 Å². The Kier molecular flexibility index (Phi) is 4.07. The van der Waals surface area contributed by atoms with Crippen molar-refractivity contribution < 1.29 is 9.84 Å². The van der Waals surface area contributed by atoms with Crippen LogP contribution in [0.25, 0.3) is 0 Å². The van der Waals surface area contributed by atoms with Crippen molar-refractivity contribution in [3.8, 4) is 17.6 Å². The maximum Gasteiger partial charge on any atom is 0.134 e. The van der Waals surface area contributed by atoms with E-state index in [0.717, 1.165) is 11.1 Å². The maximum absolute atomic E-state index is 9.79. The topological polar surface area (TPSA) is 53.2 Å². The standard InChI is InChI=1S/C17H17NO2/c1-11-6-12(2)8-15(7-11)20-17-9-14(10-18)4-5-16(17)13(3)19/h4-9,13,19H,1-3H3. The van der Waals surface area contributed by atoms with Crippen molar-refractivity contribution in [1.82, 2.24) is 0 Å². The Labute approximate surface area is 119 Å². The van der Waals surface area contributed by atoms with E-state index in [4.69, 9.17) is 10.00 Å². The Bertz CT molecular complexity index is 649. The number of hydrogen-bond acceptors (Lipinski definition) is 3. The molecule has 0 saturated carbocycles. The Hall–Kier alpha value is -2.31. The van der Waals surface area contributed by atoms with Crippen LogP contribution in [-0.4, -0.2) is 5.11 Å². The summed E-state index contributed by atoms with van der Waals surface area (Å²) >= 11 is 0. The van der Waals surface area contributed by atoms with Crippen LogP contribution >= 0.6 is 0 Å². The third-order valence-corrected chi connectivity index (χ3v) is 3.02. The van der Waals surface area contributed by atoms with Crippen LogP contribution in [0.15, 0.2) is 36.4 Å². The molecule has 0 saturated heterocycles. The van der Waals surface area contributed by atoms with Crippen LogP contribution in [0.1, 0.15) is 35.3 Å². The number of ether oxygens (including phenoxy) is 1. The summed E-state index contributed by atoms with van der Waals surface area (Å²) in [5.74, 6) is 1.23. The second-order valence-corrected chi connectivity index (χ2v) is 4.97. The smallest absolute Gasteiger partial charge is 0.134 e. The van der Waals surface area contributed by atoms with Gasteiger partial charge in [0, 0.05) is 5.56 Å². The van der Waals surface area contributed by atoms with E-state index < -0.39 is 6.10 Å². The lowest BCUT2D eigenvalue weighted by molar-refractivity contribution is 0.195. The van der Waals surface area contributed by atoms with Crippen molar-refractivity contribution in [3.05, 3.63) is 58.7 Å². The summed E-state index contributed by atoms with van der Waals surface area (Å²) in [4.78, 5) is 0. The number of hydrogen-bond donors (Lipinski definition) is 1. The molecule has 2 aromatic carbocycles. The number of benzene rings is 2. The van der Waals surface area contributed by atoms with Gasteiger partial charge in [0.2, 0.25) is 0 Å². The Morgan fingerprint density at radius 2 is 1.75 bits per heavy atom. The molecule has 1 N–H and O–H groups in total. The fourth-order valence-corrected chi connectivity index (χ4v) is 2.16. The van der Waals surface area contributed by atoms with Crippen molar-refractivity contribution in [3.63, 3.8) is 0 Å². The fraction of sp³-hybridized carbons (Fsp3) is 0.235. The van der Waals surface area contributed by atoms with Gasteiger partial charge in [0.15, 0.2) is 0 Å². The molecule has 1 unspecified atom stereocenters. The summed E-state index contributed by atoms with van der Waals surface area (Å²) in [6.45, 7) is 5.68. The van der Waals surface area contributed by atoms with Gasteiger partial charge in [-0.05, 0) is 56.2 Å². The predicted molar refractivity (Wildman–Crippen MR) is 77.8 cm³/mol. The van der Waals surface area contributed by atoms with Crippen LogP contribution in [0.2, 0.25) is 0 Å². The molecule has 2 rings (SSSR count). The van der Waals surface area contributed by atoms with E-state index in [1.54, 1.807) is 25.1 Å². The van der Waals surface area contributed by atoms with Gasteiger partial charge in [0.25, 0.3) is 0 Å². The van der Waals surface area contributed by atoms with Gasteiger partial charge in [-0.15, -0.1) is 0 Å². The number of nitrogens with zero attached hydrogens (tertiary/aromatic N) is 1. The van der Waals surface area contributed by atoms with Gasteiger partial charge >= 0.3 is 0 Å². The zero-order valence-electron chi connectivity index (χ0n) is 11.8. The molecule has 1 atom stereocenters. The molecule has 0 radical (unpaired) electrons. The lowest BCUT2D eigenvalue weighted by Gasteiger charge is -2.14. The normalized spacial score (nSPS) is 11.8. The largest absolute Gasteiger partial charge is 0.457 e. The average molecular weight is 267 g/mol. The van der Waals surface area contributed by atoms with Gasteiger partial charge < -0.3 is 9.84 Å². The highest BCUT2D eigenvalue weighted by Crippen LogP contribution is 2.31. The highest BCUT2D eigenvalue weighted by atomic mass is 16.5. The van der Waals surface area contributed by atoms with Gasteiger partial charge in [-0.2, -0.15) is 5.26 Å². The molecule has 0 aromatic heterocycles. The Morgan fingerprint density at radius 3 is 2.30 bits per heavy atom. The predicted octanol–water partition coefficient (Wildman–Crippen LogP) is 4.02. The third kappa shape index (κ3) is 3.17. The van der Waals surface area contributed by atoms with Gasteiger partial charge in [-0.25, -0.2) is 0 Å². The molecule has 3 nitrogen and oxygen atoms in total. The van der Waals surface area contributed by atoms with Gasteiger partial charge in [-0.3, -0.25) is 0 Å². The number of rotatable bonds is 3. The molecule has 3 heteroatoms. The van der Waals surface area contributed by atoms with E-state index >= 15 is 0 Å². The first-order chi connectivity index (χ1) is 9.49. The molecular weight excluding hydrogens is 250 g/mol. The molecule has 0 bridgehead atoms. The third-order valence-electron chi connectivity index (χ3n) is 3.02. The highest BCUT2D eigenvalue weighted by Gasteiger charge is 2.11. The summed E-state index contributed by atoms with van der Waals surface area (Å²) < 4.78 is 5.86. The summed E-state index contributed by atoms with van der Waals surface area (Å²) in [5, 5.41) is 18.8. The minimum Gasteiger partial charge on any atom is -0.457 e. The van der Waals surface area contributed by atoms with Crippen LogP contribution in [0, 0.1) is 25.2 Å². The molecular formula is C17H17NO2. The molecule has 0 spiro atoms. The second kappa shape index (κ2) is 5.77. The van der Waals surface area contributed by atoms with E-state index in [1.165, 1.54) is 0 Å². The Morgan fingerprint density at radius 1 is 1.10 bits per heavy atom. The van der Waals surface area contributed by atoms with Crippen LogP contribution in [0.5, 0.6) is 11.5 Å². The minimum absolute atomic E-state index is 0.508. The molecule has 0 aliphatic rings. The molecule has 20 heavy (non-hydrogen) atoms. The first-order valence-corrected chi connectivity index (χ1v) is 6.48. The van der Waals surface area contributed by atoms with Crippen LogP contribution < -0.4 is 4.74 Å². The number of nitriles is 1. The SMILES string of the molecule is Cc1cc(C)cc(Oc2cc(C#N)ccc2C(C)O)c1. The van der Waals surface area contributed by atoms with Crippen molar-refractivity contribution >= 4 is 0 Å². The van der Waals surface area contributed by atoms with E-state index in [-0.39, 0.29) is 0 Å². The van der Waals surface area contributed by atoms with Gasteiger partial charge in [0.05, 0.1) is 17.7 Å². The van der Waals surface area contributed by atoms with Crippen LogP contribution in [-0.2, 0) is 0 Å². The molecule has 2 aromatic rings. The number of aryl methyl sites for hydroxylation is 2. The lowest BCUT2D eigenvalue weighted by Crippen LogP contribution is -1.97. The first kappa shape index (κ1) is 14.1. The van der Waals surface area contributed by atoms with E-state index in [9.17, 15) is 5.11 Å². The number of aliphatic hydroxyl groups excluding tert-OH is 1. The average Bonchev–Trinajstić information content (AvgIpc) is 2.37. The van der Waals surface area contributed by atoms with Crippen molar-refractivity contribution in [2.45, 2.75) is 26.9 Å². The summed E-state index contributed by atoms with van der Waals surface area (Å²) in [6.07, 6.45) is -0.649. The van der Waals surface area contributed by atoms with Crippen molar-refractivity contribution in [1.29, 1.82) is 5.26 Å². The molecule has 0 aliphatic carbocycles. The van der Waals surface area contributed by atoms with E-state index in [2.05, 4.69) is 12.1 Å². The lowest BCUT2D eigenvalue weighted by atomic mass is 10.1. The van der Waals surface area contributed by atoms with Crippen molar-refractivity contribution in [2.75, 3.05) is 0 Å². The van der Waals surface area contributed by atoms with E-state index in [0.29, 0.717) is 22.6 Å². The molecule has 0 heterocycles. The second-order valence-electron chi connectivity index (χ2n) is 4.97.